The molecule has 0 N–H and O–H groups in total. The Labute approximate surface area is 143 Å². The van der Waals surface area contributed by atoms with Crippen LogP contribution in [0.2, 0.25) is 5.02 Å². The predicted octanol–water partition coefficient (Wildman–Crippen LogP) is 3.90. The van der Waals surface area contributed by atoms with E-state index in [0.29, 0.717) is 22.7 Å². The van der Waals surface area contributed by atoms with Gasteiger partial charge in [0.05, 0.1) is 11.9 Å². The Bertz CT molecular complexity index is 948. The third kappa shape index (κ3) is 3.17. The molecule has 0 saturated carbocycles. The molecule has 0 aliphatic carbocycles. The maximum absolute atomic E-state index is 12.7. The summed E-state index contributed by atoms with van der Waals surface area (Å²) >= 11 is 7.49. The first-order valence-corrected chi connectivity index (χ1v) is 8.52. The van der Waals surface area contributed by atoms with Crippen molar-refractivity contribution in [2.45, 2.75) is 26.3 Å². The van der Waals surface area contributed by atoms with E-state index in [9.17, 15) is 4.79 Å². The van der Waals surface area contributed by atoms with Gasteiger partial charge in [-0.1, -0.05) is 36.6 Å². The fourth-order valence-electron chi connectivity index (χ4n) is 2.46. The molecule has 0 amide bonds. The summed E-state index contributed by atoms with van der Waals surface area (Å²) in [7, 11) is 0. The molecule has 0 bridgehead atoms. The van der Waals surface area contributed by atoms with Crippen LogP contribution in [-0.4, -0.2) is 9.55 Å². The van der Waals surface area contributed by atoms with Gasteiger partial charge in [-0.05, 0) is 30.2 Å². The Morgan fingerprint density at radius 2 is 2.09 bits per heavy atom. The number of rotatable bonds is 4. The highest BCUT2D eigenvalue weighted by Gasteiger charge is 2.13. The standard InChI is InChI=1S/C18H15ClN2OS/c1-3-9-21-16(10-12-5-7-13(19)8-6-12)20-17-15(18(21)22)11-14(4-2)23-17/h1,5-8,11H,4,9-10H2,2H3. The topological polar surface area (TPSA) is 34.9 Å². The van der Waals surface area contributed by atoms with Crippen molar-refractivity contribution in [1.29, 1.82) is 0 Å². The smallest absolute Gasteiger partial charge is 0.263 e. The average Bonchev–Trinajstić information content (AvgIpc) is 2.97. The monoisotopic (exact) mass is 342 g/mol. The molecule has 0 saturated heterocycles. The lowest BCUT2D eigenvalue weighted by Gasteiger charge is -2.10. The van der Waals surface area contributed by atoms with Crippen LogP contribution in [0.25, 0.3) is 10.2 Å². The van der Waals surface area contributed by atoms with Crippen LogP contribution in [0.4, 0.5) is 0 Å². The number of fused-ring (bicyclic) bond motifs is 1. The van der Waals surface area contributed by atoms with Crippen LogP contribution in [0.5, 0.6) is 0 Å². The first kappa shape index (κ1) is 15.8. The summed E-state index contributed by atoms with van der Waals surface area (Å²) in [5.41, 5.74) is 0.978. The summed E-state index contributed by atoms with van der Waals surface area (Å²) in [5, 5.41) is 1.34. The number of benzene rings is 1. The molecule has 3 rings (SSSR count). The summed E-state index contributed by atoms with van der Waals surface area (Å²) in [4.78, 5) is 19.4. The number of halogens is 1. The van der Waals surface area contributed by atoms with E-state index in [0.717, 1.165) is 21.7 Å². The molecule has 3 aromatic rings. The van der Waals surface area contributed by atoms with Crippen molar-refractivity contribution in [2.75, 3.05) is 0 Å². The first-order valence-electron chi connectivity index (χ1n) is 7.32. The van der Waals surface area contributed by atoms with E-state index in [2.05, 4.69) is 12.8 Å². The zero-order chi connectivity index (χ0) is 16.4. The maximum Gasteiger partial charge on any atom is 0.263 e. The fourth-order valence-corrected chi connectivity index (χ4v) is 3.56. The van der Waals surface area contributed by atoms with E-state index in [4.69, 9.17) is 23.0 Å². The molecule has 0 spiro atoms. The number of hydrogen-bond donors (Lipinski definition) is 0. The molecule has 0 fully saturated rings. The molecule has 0 atom stereocenters. The van der Waals surface area contributed by atoms with E-state index >= 15 is 0 Å². The van der Waals surface area contributed by atoms with Crippen molar-refractivity contribution < 1.29 is 0 Å². The third-order valence-corrected chi connectivity index (χ3v) is 5.08. The van der Waals surface area contributed by atoms with Gasteiger partial charge in [0.1, 0.15) is 10.7 Å². The van der Waals surface area contributed by atoms with E-state index in [1.165, 1.54) is 0 Å². The van der Waals surface area contributed by atoms with Gasteiger partial charge in [-0.25, -0.2) is 4.98 Å². The van der Waals surface area contributed by atoms with Crippen molar-refractivity contribution in [3.8, 4) is 12.3 Å². The van der Waals surface area contributed by atoms with Crippen molar-refractivity contribution in [3.63, 3.8) is 0 Å². The Hall–Kier alpha value is -2.09. The van der Waals surface area contributed by atoms with Gasteiger partial charge < -0.3 is 0 Å². The van der Waals surface area contributed by atoms with Gasteiger partial charge in [-0.15, -0.1) is 17.8 Å². The lowest BCUT2D eigenvalue weighted by Crippen LogP contribution is -2.24. The van der Waals surface area contributed by atoms with E-state index < -0.39 is 0 Å². The minimum absolute atomic E-state index is 0.0622. The molecule has 2 heterocycles. The number of thiophene rings is 1. The first-order chi connectivity index (χ1) is 11.1. The molecular weight excluding hydrogens is 328 g/mol. The highest BCUT2D eigenvalue weighted by molar-refractivity contribution is 7.18. The molecule has 0 radical (unpaired) electrons. The van der Waals surface area contributed by atoms with Crippen LogP contribution in [0, 0.1) is 12.3 Å². The van der Waals surface area contributed by atoms with Crippen LogP contribution in [0.3, 0.4) is 0 Å². The maximum atomic E-state index is 12.7. The third-order valence-electron chi connectivity index (χ3n) is 3.65. The van der Waals surface area contributed by atoms with Gasteiger partial charge >= 0.3 is 0 Å². The number of hydrogen-bond acceptors (Lipinski definition) is 3. The summed E-state index contributed by atoms with van der Waals surface area (Å²) in [6, 6.07) is 9.46. The molecule has 0 aliphatic heterocycles. The second kappa shape index (κ2) is 6.57. The largest absolute Gasteiger partial charge is 0.284 e. The highest BCUT2D eigenvalue weighted by Crippen LogP contribution is 2.23. The minimum atomic E-state index is -0.0622. The van der Waals surface area contributed by atoms with Crippen molar-refractivity contribution in [2.24, 2.45) is 0 Å². The SMILES string of the molecule is C#CCn1c(Cc2ccc(Cl)cc2)nc2sc(CC)cc2c1=O. The van der Waals surface area contributed by atoms with Gasteiger partial charge in [0.2, 0.25) is 0 Å². The summed E-state index contributed by atoms with van der Waals surface area (Å²) in [5.74, 6) is 3.24. The Morgan fingerprint density at radius 1 is 1.35 bits per heavy atom. The molecule has 1 aromatic carbocycles. The van der Waals surface area contributed by atoms with Gasteiger partial charge in [0, 0.05) is 16.3 Å². The minimum Gasteiger partial charge on any atom is -0.284 e. The Balaban J connectivity index is 2.13. The summed E-state index contributed by atoms with van der Waals surface area (Å²) in [6.07, 6.45) is 6.87. The second-order valence-electron chi connectivity index (χ2n) is 5.21. The average molecular weight is 343 g/mol. The van der Waals surface area contributed by atoms with Gasteiger partial charge in [0.25, 0.3) is 5.56 Å². The zero-order valence-electron chi connectivity index (χ0n) is 12.7. The highest BCUT2D eigenvalue weighted by atomic mass is 35.5. The van der Waals surface area contributed by atoms with E-state index in [1.807, 2.05) is 30.3 Å². The molecule has 116 valence electrons. The second-order valence-corrected chi connectivity index (χ2v) is 6.76. The molecule has 23 heavy (non-hydrogen) atoms. The van der Waals surface area contributed by atoms with E-state index in [-0.39, 0.29) is 12.1 Å². The van der Waals surface area contributed by atoms with Crippen molar-refractivity contribution in [3.05, 3.63) is 62.0 Å². The summed E-state index contributed by atoms with van der Waals surface area (Å²) < 4.78 is 1.59. The Kier molecular flexibility index (Phi) is 4.51. The lowest BCUT2D eigenvalue weighted by molar-refractivity contribution is 0.720. The van der Waals surface area contributed by atoms with Gasteiger partial charge in [-0.2, -0.15) is 0 Å². The van der Waals surface area contributed by atoms with Crippen molar-refractivity contribution >= 4 is 33.2 Å². The van der Waals surface area contributed by atoms with Crippen LogP contribution in [0.15, 0.2) is 35.1 Å². The lowest BCUT2D eigenvalue weighted by atomic mass is 10.1. The zero-order valence-corrected chi connectivity index (χ0v) is 14.2. The van der Waals surface area contributed by atoms with Crippen LogP contribution >= 0.6 is 22.9 Å². The van der Waals surface area contributed by atoms with Crippen LogP contribution in [0.1, 0.15) is 23.2 Å². The number of nitrogens with zero attached hydrogens (tertiary/aromatic N) is 2. The predicted molar refractivity (Wildman–Crippen MR) is 96.3 cm³/mol. The van der Waals surface area contributed by atoms with Crippen LogP contribution < -0.4 is 5.56 Å². The molecule has 5 heteroatoms. The summed E-state index contributed by atoms with van der Waals surface area (Å²) in [6.45, 7) is 2.29. The molecule has 3 nitrogen and oxygen atoms in total. The quantitative estimate of drug-likeness (QED) is 0.674. The Morgan fingerprint density at radius 3 is 2.74 bits per heavy atom. The van der Waals surface area contributed by atoms with Gasteiger partial charge in [0.15, 0.2) is 0 Å². The van der Waals surface area contributed by atoms with E-state index in [1.54, 1.807) is 15.9 Å². The number of aryl methyl sites for hydroxylation is 1. The molecule has 0 unspecified atom stereocenters. The van der Waals surface area contributed by atoms with Gasteiger partial charge in [-0.3, -0.25) is 9.36 Å². The molecule has 0 aliphatic rings. The molecule has 2 aromatic heterocycles. The number of terminal acetylenes is 1. The normalized spacial score (nSPS) is 10.8. The molecular formula is C18H15ClN2OS. The van der Waals surface area contributed by atoms with Crippen molar-refractivity contribution in [1.82, 2.24) is 9.55 Å². The fraction of sp³-hybridized carbons (Fsp3) is 0.222. The number of aromatic nitrogens is 2. The van der Waals surface area contributed by atoms with Crippen LogP contribution in [-0.2, 0) is 19.4 Å².